The minimum atomic E-state index is -0.799. The monoisotopic (exact) mass is 373 g/mol. The summed E-state index contributed by atoms with van der Waals surface area (Å²) in [6.07, 6.45) is 0. The Balaban J connectivity index is 1.95. The summed E-state index contributed by atoms with van der Waals surface area (Å²) < 4.78 is 2.74. The van der Waals surface area contributed by atoms with Crippen molar-refractivity contribution in [3.05, 3.63) is 73.1 Å². The Morgan fingerprint density at radius 3 is 2.31 bits per heavy atom. The molecule has 0 bridgehead atoms. The molecule has 11 heteroatoms. The molecule has 0 saturated heterocycles. The van der Waals surface area contributed by atoms with Crippen LogP contribution in [0.2, 0.25) is 0 Å². The number of hydrogen-bond acceptors (Lipinski definition) is 7. The number of nitrogens with one attached hydrogen (secondary N) is 1. The summed E-state index contributed by atoms with van der Waals surface area (Å²) >= 11 is 1.34. The highest BCUT2D eigenvalue weighted by molar-refractivity contribution is 7.16. The van der Waals surface area contributed by atoms with Crippen LogP contribution >= 0.6 is 11.3 Å². The summed E-state index contributed by atoms with van der Waals surface area (Å²) in [5.41, 5.74) is 1.89. The highest BCUT2D eigenvalue weighted by atomic mass is 32.1. The molecule has 0 spiro atoms. The standard InChI is InChI=1S/C15H11N5O5S/c1-18-12-4-2-3-5-13(12)26-15(18)17-16-14(21)9-6-10(19(22)23)8-11(7-9)20(24)25/h2-8H,1H3,(H,16,21)/b17-15+. The van der Waals surface area contributed by atoms with Gasteiger partial charge in [-0.25, -0.2) is 5.43 Å². The summed E-state index contributed by atoms with van der Waals surface area (Å²) in [6, 6.07) is 10.3. The second-order valence-corrected chi connectivity index (χ2v) is 6.23. The minimum Gasteiger partial charge on any atom is -0.318 e. The van der Waals surface area contributed by atoms with Gasteiger partial charge in [-0.05, 0) is 12.1 Å². The Bertz CT molecular complexity index is 1080. The van der Waals surface area contributed by atoms with Crippen molar-refractivity contribution in [2.24, 2.45) is 12.1 Å². The predicted octanol–water partition coefficient (Wildman–Crippen LogP) is 2.30. The molecule has 0 fully saturated rings. The van der Waals surface area contributed by atoms with Crippen molar-refractivity contribution >= 4 is 38.8 Å². The molecule has 1 heterocycles. The summed E-state index contributed by atoms with van der Waals surface area (Å²) in [5.74, 6) is -0.783. The molecule has 10 nitrogen and oxygen atoms in total. The molecule has 26 heavy (non-hydrogen) atoms. The zero-order chi connectivity index (χ0) is 18.8. The van der Waals surface area contributed by atoms with Gasteiger partial charge in [-0.2, -0.15) is 0 Å². The smallest absolute Gasteiger partial charge is 0.277 e. The van der Waals surface area contributed by atoms with E-state index in [0.29, 0.717) is 4.80 Å². The van der Waals surface area contributed by atoms with E-state index in [1.54, 1.807) is 11.6 Å². The van der Waals surface area contributed by atoms with E-state index in [2.05, 4.69) is 10.5 Å². The molecule has 132 valence electrons. The Labute approximate surface area is 149 Å². The van der Waals surface area contributed by atoms with Gasteiger partial charge < -0.3 is 4.57 Å². The second kappa shape index (κ2) is 6.72. The van der Waals surface area contributed by atoms with Gasteiger partial charge in [0.15, 0.2) is 0 Å². The fourth-order valence-corrected chi connectivity index (χ4v) is 3.27. The van der Waals surface area contributed by atoms with Crippen LogP contribution in [0.5, 0.6) is 0 Å². The first-order valence-electron chi connectivity index (χ1n) is 7.19. The largest absolute Gasteiger partial charge is 0.318 e. The minimum absolute atomic E-state index is 0.224. The van der Waals surface area contributed by atoms with Crippen molar-refractivity contribution in [2.75, 3.05) is 0 Å². The van der Waals surface area contributed by atoms with Crippen molar-refractivity contribution in [3.8, 4) is 0 Å². The van der Waals surface area contributed by atoms with E-state index in [4.69, 9.17) is 0 Å². The van der Waals surface area contributed by atoms with Crippen LogP contribution in [-0.4, -0.2) is 20.3 Å². The van der Waals surface area contributed by atoms with Crippen molar-refractivity contribution in [1.29, 1.82) is 0 Å². The van der Waals surface area contributed by atoms with E-state index in [1.165, 1.54) is 11.3 Å². The molecule has 1 aromatic heterocycles. The van der Waals surface area contributed by atoms with Crippen LogP contribution in [0, 0.1) is 20.2 Å². The van der Waals surface area contributed by atoms with Gasteiger partial charge in [-0.3, -0.25) is 25.0 Å². The summed E-state index contributed by atoms with van der Waals surface area (Å²) in [6.45, 7) is 0. The number of rotatable bonds is 4. The van der Waals surface area contributed by atoms with Gasteiger partial charge in [0.2, 0.25) is 4.80 Å². The number of nitrogens with zero attached hydrogens (tertiary/aromatic N) is 4. The normalized spacial score (nSPS) is 11.5. The van der Waals surface area contributed by atoms with E-state index in [-0.39, 0.29) is 5.56 Å². The number of nitro benzene ring substituents is 2. The first-order valence-corrected chi connectivity index (χ1v) is 8.01. The Morgan fingerprint density at radius 2 is 1.73 bits per heavy atom. The van der Waals surface area contributed by atoms with E-state index >= 15 is 0 Å². The van der Waals surface area contributed by atoms with Crippen LogP contribution in [0.15, 0.2) is 47.6 Å². The number of benzene rings is 2. The first-order chi connectivity index (χ1) is 12.4. The molecule has 0 unspecified atom stereocenters. The van der Waals surface area contributed by atoms with E-state index in [0.717, 1.165) is 28.4 Å². The molecule has 3 rings (SSSR count). The van der Waals surface area contributed by atoms with Gasteiger partial charge in [-0.1, -0.05) is 23.5 Å². The molecule has 0 aliphatic heterocycles. The Kier molecular flexibility index (Phi) is 4.45. The molecule has 0 radical (unpaired) electrons. The summed E-state index contributed by atoms with van der Waals surface area (Å²) in [4.78, 5) is 32.9. The van der Waals surface area contributed by atoms with E-state index in [9.17, 15) is 25.0 Å². The number of fused-ring (bicyclic) bond motifs is 1. The zero-order valence-electron chi connectivity index (χ0n) is 13.3. The van der Waals surface area contributed by atoms with Crippen LogP contribution in [-0.2, 0) is 7.05 Å². The van der Waals surface area contributed by atoms with Gasteiger partial charge in [-0.15, -0.1) is 5.10 Å². The molecule has 1 amide bonds. The lowest BCUT2D eigenvalue weighted by molar-refractivity contribution is -0.394. The Morgan fingerprint density at radius 1 is 1.12 bits per heavy atom. The van der Waals surface area contributed by atoms with Crippen molar-refractivity contribution < 1.29 is 14.6 Å². The van der Waals surface area contributed by atoms with Crippen molar-refractivity contribution in [1.82, 2.24) is 9.99 Å². The fourth-order valence-electron chi connectivity index (χ4n) is 2.29. The van der Waals surface area contributed by atoms with Crippen molar-refractivity contribution in [2.45, 2.75) is 0 Å². The maximum Gasteiger partial charge on any atom is 0.277 e. The average molecular weight is 373 g/mol. The van der Waals surface area contributed by atoms with Crippen LogP contribution in [0.3, 0.4) is 0 Å². The topological polar surface area (TPSA) is 133 Å². The maximum absolute atomic E-state index is 12.2. The fraction of sp³-hybridized carbons (Fsp3) is 0.0667. The number of amides is 1. The predicted molar refractivity (Wildman–Crippen MR) is 93.6 cm³/mol. The van der Waals surface area contributed by atoms with Crippen LogP contribution in [0.25, 0.3) is 10.2 Å². The number of hydrogen-bond donors (Lipinski definition) is 1. The van der Waals surface area contributed by atoms with E-state index in [1.807, 2.05) is 24.3 Å². The third-order valence-corrected chi connectivity index (χ3v) is 4.67. The van der Waals surface area contributed by atoms with E-state index < -0.39 is 27.1 Å². The van der Waals surface area contributed by atoms with Crippen LogP contribution in [0.4, 0.5) is 11.4 Å². The van der Waals surface area contributed by atoms with Crippen molar-refractivity contribution in [3.63, 3.8) is 0 Å². The summed E-state index contributed by atoms with van der Waals surface area (Å²) in [7, 11) is 1.78. The average Bonchev–Trinajstić information content (AvgIpc) is 2.95. The highest BCUT2D eigenvalue weighted by Gasteiger charge is 2.19. The molecule has 0 aliphatic carbocycles. The molecular weight excluding hydrogens is 362 g/mol. The molecule has 2 aromatic carbocycles. The number of carbonyl (C=O) groups is 1. The maximum atomic E-state index is 12.2. The molecule has 3 aromatic rings. The number of thiazole rings is 1. The van der Waals surface area contributed by atoms with Gasteiger partial charge >= 0.3 is 0 Å². The number of nitro groups is 2. The lowest BCUT2D eigenvalue weighted by Crippen LogP contribution is -2.23. The molecule has 0 aliphatic rings. The van der Waals surface area contributed by atoms with Crippen LogP contribution < -0.4 is 10.2 Å². The van der Waals surface area contributed by atoms with Gasteiger partial charge in [0.05, 0.1) is 31.7 Å². The first kappa shape index (κ1) is 17.2. The SMILES string of the molecule is Cn1/c(=N\NC(=O)c2cc([N+](=O)[O-])cc([N+](=O)[O-])c2)sc2ccccc21. The molecule has 0 atom stereocenters. The third kappa shape index (κ3) is 3.28. The zero-order valence-corrected chi connectivity index (χ0v) is 14.1. The van der Waals surface area contributed by atoms with Gasteiger partial charge in [0, 0.05) is 19.2 Å². The molecule has 0 saturated carbocycles. The van der Waals surface area contributed by atoms with Gasteiger partial charge in [0.1, 0.15) is 0 Å². The lowest BCUT2D eigenvalue weighted by atomic mass is 10.1. The number of aryl methyl sites for hydroxylation is 1. The summed E-state index contributed by atoms with van der Waals surface area (Å²) in [5, 5.41) is 25.8. The lowest BCUT2D eigenvalue weighted by Gasteiger charge is -2.01. The number of aromatic nitrogens is 1. The third-order valence-electron chi connectivity index (χ3n) is 3.55. The van der Waals surface area contributed by atoms with Crippen LogP contribution in [0.1, 0.15) is 10.4 Å². The second-order valence-electron chi connectivity index (χ2n) is 5.22. The van der Waals surface area contributed by atoms with Gasteiger partial charge in [0.25, 0.3) is 17.3 Å². The number of carbonyl (C=O) groups excluding carboxylic acids is 1. The molecular formula is C15H11N5O5S. The highest BCUT2D eigenvalue weighted by Crippen LogP contribution is 2.22. The Hall–Kier alpha value is -3.60. The number of non-ortho nitro benzene ring substituents is 2. The molecule has 1 N–H and O–H groups in total. The quantitative estimate of drug-likeness (QED) is 0.553. The number of para-hydroxylation sites is 1.